The third-order valence-corrected chi connectivity index (χ3v) is 4.55. The lowest BCUT2D eigenvalue weighted by Crippen LogP contribution is -2.19. The summed E-state index contributed by atoms with van der Waals surface area (Å²) in [6, 6.07) is 10.4. The number of para-hydroxylation sites is 1. The monoisotopic (exact) mass is 245 g/mol. The second-order valence-electron chi connectivity index (χ2n) is 4.61. The number of pyridine rings is 1. The van der Waals surface area contributed by atoms with Crippen LogP contribution in [0.2, 0.25) is 0 Å². The van der Waals surface area contributed by atoms with E-state index in [4.69, 9.17) is 0 Å². The van der Waals surface area contributed by atoms with E-state index >= 15 is 0 Å². The van der Waals surface area contributed by atoms with Gasteiger partial charge in [-0.25, -0.2) is 0 Å². The molecular weight excluding hydrogens is 230 g/mol. The molecule has 1 aromatic carbocycles. The maximum atomic E-state index is 9.82. The standard InChI is InChI=1S/C14H15NOS/c16-14-9-17-8-12(14)6-10-5-11-3-1-2-4-13(11)15-7-10/h1-5,7,12,14,16H,6,8-9H2. The molecule has 1 aromatic heterocycles. The van der Waals surface area contributed by atoms with E-state index in [2.05, 4.69) is 17.1 Å². The average Bonchev–Trinajstić information content (AvgIpc) is 2.75. The van der Waals surface area contributed by atoms with Gasteiger partial charge in [0.25, 0.3) is 0 Å². The number of rotatable bonds is 2. The topological polar surface area (TPSA) is 33.1 Å². The minimum atomic E-state index is -0.147. The summed E-state index contributed by atoms with van der Waals surface area (Å²) in [4.78, 5) is 4.46. The van der Waals surface area contributed by atoms with Crippen molar-refractivity contribution in [1.29, 1.82) is 0 Å². The quantitative estimate of drug-likeness (QED) is 0.882. The van der Waals surface area contributed by atoms with Crippen LogP contribution in [0.1, 0.15) is 5.56 Å². The van der Waals surface area contributed by atoms with Crippen molar-refractivity contribution in [3.05, 3.63) is 42.1 Å². The lowest BCUT2D eigenvalue weighted by atomic mass is 9.97. The first-order valence-corrected chi connectivity index (χ1v) is 7.08. The van der Waals surface area contributed by atoms with Crippen LogP contribution in [0.15, 0.2) is 36.5 Å². The summed E-state index contributed by atoms with van der Waals surface area (Å²) in [5.41, 5.74) is 2.27. The van der Waals surface area contributed by atoms with Crippen LogP contribution < -0.4 is 0 Å². The van der Waals surface area contributed by atoms with Crippen LogP contribution in [0.3, 0.4) is 0 Å². The van der Waals surface area contributed by atoms with Gasteiger partial charge in [-0.2, -0.15) is 11.8 Å². The minimum Gasteiger partial charge on any atom is -0.392 e. The van der Waals surface area contributed by atoms with Crippen molar-refractivity contribution in [3.8, 4) is 0 Å². The Balaban J connectivity index is 1.85. The van der Waals surface area contributed by atoms with E-state index in [1.54, 1.807) is 0 Å². The highest BCUT2D eigenvalue weighted by Crippen LogP contribution is 2.27. The molecule has 3 heteroatoms. The molecule has 3 rings (SSSR count). The highest BCUT2D eigenvalue weighted by molar-refractivity contribution is 7.99. The van der Waals surface area contributed by atoms with Crippen LogP contribution in [-0.4, -0.2) is 27.7 Å². The van der Waals surface area contributed by atoms with Gasteiger partial charge in [-0.1, -0.05) is 18.2 Å². The largest absolute Gasteiger partial charge is 0.392 e. The Labute approximate surface area is 105 Å². The van der Waals surface area contributed by atoms with Crippen molar-refractivity contribution in [3.63, 3.8) is 0 Å². The fraction of sp³-hybridized carbons (Fsp3) is 0.357. The first-order chi connectivity index (χ1) is 8.33. The fourth-order valence-electron chi connectivity index (χ4n) is 2.31. The van der Waals surface area contributed by atoms with E-state index in [-0.39, 0.29) is 6.10 Å². The van der Waals surface area contributed by atoms with E-state index in [1.807, 2.05) is 36.2 Å². The Hall–Kier alpha value is -1.06. The average molecular weight is 245 g/mol. The molecule has 0 saturated carbocycles. The second-order valence-corrected chi connectivity index (χ2v) is 5.68. The summed E-state index contributed by atoms with van der Waals surface area (Å²) >= 11 is 1.84. The van der Waals surface area contributed by atoms with Crippen molar-refractivity contribution in [2.45, 2.75) is 12.5 Å². The lowest BCUT2D eigenvalue weighted by molar-refractivity contribution is 0.150. The molecule has 0 aliphatic carbocycles. The zero-order valence-corrected chi connectivity index (χ0v) is 10.4. The van der Waals surface area contributed by atoms with Gasteiger partial charge in [0.15, 0.2) is 0 Å². The van der Waals surface area contributed by atoms with Crippen molar-refractivity contribution >= 4 is 22.7 Å². The molecule has 0 radical (unpaired) electrons. The van der Waals surface area contributed by atoms with Crippen LogP contribution in [0.25, 0.3) is 10.9 Å². The molecule has 0 amide bonds. The number of fused-ring (bicyclic) bond motifs is 1. The molecular formula is C14H15NOS. The maximum absolute atomic E-state index is 9.82. The van der Waals surface area contributed by atoms with Crippen LogP contribution in [0, 0.1) is 5.92 Å². The Kier molecular flexibility index (Phi) is 3.04. The Morgan fingerprint density at radius 3 is 3.00 bits per heavy atom. The van der Waals surface area contributed by atoms with Crippen molar-refractivity contribution in [1.82, 2.24) is 4.98 Å². The molecule has 0 spiro atoms. The normalized spacial score (nSPS) is 24.3. The number of aliphatic hydroxyl groups is 1. The van der Waals surface area contributed by atoms with Crippen LogP contribution in [0.5, 0.6) is 0 Å². The van der Waals surface area contributed by atoms with Gasteiger partial charge < -0.3 is 5.11 Å². The third-order valence-electron chi connectivity index (χ3n) is 3.31. The maximum Gasteiger partial charge on any atom is 0.0702 e. The third kappa shape index (κ3) is 2.31. The van der Waals surface area contributed by atoms with Gasteiger partial charge in [0.1, 0.15) is 0 Å². The molecule has 2 nitrogen and oxygen atoms in total. The van der Waals surface area contributed by atoms with E-state index in [1.165, 1.54) is 10.9 Å². The number of hydrogen-bond acceptors (Lipinski definition) is 3. The summed E-state index contributed by atoms with van der Waals surface area (Å²) in [5, 5.41) is 11.0. The number of benzene rings is 1. The first kappa shape index (κ1) is 11.1. The Morgan fingerprint density at radius 1 is 1.29 bits per heavy atom. The van der Waals surface area contributed by atoms with Crippen molar-refractivity contribution < 1.29 is 5.11 Å². The predicted molar refractivity (Wildman–Crippen MR) is 72.3 cm³/mol. The van der Waals surface area contributed by atoms with E-state index < -0.39 is 0 Å². The second kappa shape index (κ2) is 4.67. The van der Waals surface area contributed by atoms with Crippen LogP contribution in [0.4, 0.5) is 0 Å². The number of hydrogen-bond donors (Lipinski definition) is 1. The van der Waals surface area contributed by atoms with Gasteiger partial charge in [0.05, 0.1) is 11.6 Å². The molecule has 0 bridgehead atoms. The molecule has 2 unspecified atom stereocenters. The zero-order chi connectivity index (χ0) is 11.7. The number of thioether (sulfide) groups is 1. The van der Waals surface area contributed by atoms with Crippen LogP contribution >= 0.6 is 11.8 Å². The fourth-order valence-corrected chi connectivity index (χ4v) is 3.61. The molecule has 1 aliphatic heterocycles. The molecule has 1 aliphatic rings. The van der Waals surface area contributed by atoms with Gasteiger partial charge in [0, 0.05) is 17.3 Å². The summed E-state index contributed by atoms with van der Waals surface area (Å²) in [5.74, 6) is 2.34. The van der Waals surface area contributed by atoms with Gasteiger partial charge in [-0.15, -0.1) is 0 Å². The van der Waals surface area contributed by atoms with Crippen LogP contribution in [-0.2, 0) is 6.42 Å². The minimum absolute atomic E-state index is 0.147. The van der Waals surface area contributed by atoms with E-state index in [0.29, 0.717) is 5.92 Å². The first-order valence-electron chi connectivity index (χ1n) is 5.92. The van der Waals surface area contributed by atoms with Gasteiger partial charge in [-0.3, -0.25) is 4.98 Å². The molecule has 2 atom stereocenters. The van der Waals surface area contributed by atoms with Gasteiger partial charge >= 0.3 is 0 Å². The van der Waals surface area contributed by atoms with E-state index in [9.17, 15) is 5.11 Å². The molecule has 2 heterocycles. The predicted octanol–water partition coefficient (Wildman–Crippen LogP) is 2.50. The lowest BCUT2D eigenvalue weighted by Gasteiger charge is -2.13. The molecule has 1 saturated heterocycles. The summed E-state index contributed by atoms with van der Waals surface area (Å²) in [6.45, 7) is 0. The smallest absolute Gasteiger partial charge is 0.0702 e. The van der Waals surface area contributed by atoms with Gasteiger partial charge in [0.2, 0.25) is 0 Å². The summed E-state index contributed by atoms with van der Waals surface area (Å²) in [7, 11) is 0. The SMILES string of the molecule is OC1CSCC1Cc1cnc2ccccc2c1. The molecule has 88 valence electrons. The highest BCUT2D eigenvalue weighted by Gasteiger charge is 2.25. The Morgan fingerprint density at radius 2 is 2.18 bits per heavy atom. The Bertz CT molecular complexity index is 528. The molecule has 2 aromatic rings. The molecule has 17 heavy (non-hydrogen) atoms. The summed E-state index contributed by atoms with van der Waals surface area (Å²) < 4.78 is 0. The van der Waals surface area contributed by atoms with E-state index in [0.717, 1.165) is 23.4 Å². The van der Waals surface area contributed by atoms with Crippen molar-refractivity contribution in [2.24, 2.45) is 5.92 Å². The van der Waals surface area contributed by atoms with Crippen molar-refractivity contribution in [2.75, 3.05) is 11.5 Å². The van der Waals surface area contributed by atoms with Gasteiger partial charge in [-0.05, 0) is 35.8 Å². The number of aliphatic hydroxyl groups excluding tert-OH is 1. The molecule has 1 fully saturated rings. The number of aromatic nitrogens is 1. The zero-order valence-electron chi connectivity index (χ0n) is 9.54. The number of nitrogens with zero attached hydrogens (tertiary/aromatic N) is 1. The highest BCUT2D eigenvalue weighted by atomic mass is 32.2. The molecule has 1 N–H and O–H groups in total. The summed E-state index contributed by atoms with van der Waals surface area (Å²) in [6.07, 6.45) is 2.73.